The van der Waals surface area contributed by atoms with Crippen LogP contribution in [0.3, 0.4) is 0 Å². The molecule has 0 heterocycles. The zero-order valence-electron chi connectivity index (χ0n) is 11.6. The summed E-state index contributed by atoms with van der Waals surface area (Å²) in [5.41, 5.74) is 2.26. The van der Waals surface area contributed by atoms with Gasteiger partial charge in [0.15, 0.2) is 0 Å². The summed E-state index contributed by atoms with van der Waals surface area (Å²) in [5, 5.41) is 2.00. The number of hydrogen-bond acceptors (Lipinski definition) is 1. The Morgan fingerprint density at radius 2 is 1.89 bits per heavy atom. The molecule has 0 aliphatic heterocycles. The van der Waals surface area contributed by atoms with Crippen molar-refractivity contribution in [3.63, 3.8) is 0 Å². The molecule has 0 aromatic heterocycles. The molecule has 3 atom stereocenters. The van der Waals surface area contributed by atoms with E-state index in [0.29, 0.717) is 0 Å². The lowest BCUT2D eigenvalue weighted by atomic mass is 9.93. The zero-order chi connectivity index (χ0) is 14.4. The van der Waals surface area contributed by atoms with Crippen LogP contribution in [0.4, 0.5) is 4.39 Å². The van der Waals surface area contributed by atoms with Crippen LogP contribution in [0.2, 0.25) is 0 Å². The molecule has 0 radical (unpaired) electrons. The molecule has 4 heteroatoms. The molecule has 2 nitrogen and oxygen atoms in total. The third-order valence-electron chi connectivity index (χ3n) is 3.37. The lowest BCUT2D eigenvalue weighted by Gasteiger charge is -2.23. The number of alkyl halides is 2. The SMILES string of the molecule is CCc1ccc([C@@H](C)[C@@H](CF)NC(=O)C(C)Cl)cc1. The van der Waals surface area contributed by atoms with Gasteiger partial charge >= 0.3 is 0 Å². The molecular formula is C15H21ClFNO. The van der Waals surface area contributed by atoms with E-state index < -0.39 is 18.1 Å². The van der Waals surface area contributed by atoms with Crippen LogP contribution >= 0.6 is 11.6 Å². The van der Waals surface area contributed by atoms with E-state index in [4.69, 9.17) is 11.6 Å². The Bertz CT molecular complexity index is 405. The van der Waals surface area contributed by atoms with Gasteiger partial charge in [-0.15, -0.1) is 11.6 Å². The quantitative estimate of drug-likeness (QED) is 0.797. The first-order chi connectivity index (χ1) is 8.99. The predicted molar refractivity (Wildman–Crippen MR) is 77.5 cm³/mol. The fourth-order valence-electron chi connectivity index (χ4n) is 1.88. The summed E-state index contributed by atoms with van der Waals surface area (Å²) < 4.78 is 13.1. The molecule has 0 saturated carbocycles. The van der Waals surface area contributed by atoms with Crippen LogP contribution < -0.4 is 5.32 Å². The van der Waals surface area contributed by atoms with Gasteiger partial charge in [-0.25, -0.2) is 4.39 Å². The second-order valence-electron chi connectivity index (χ2n) is 4.77. The summed E-state index contributed by atoms with van der Waals surface area (Å²) in [6.45, 7) is 4.97. The van der Waals surface area contributed by atoms with Crippen molar-refractivity contribution in [3.8, 4) is 0 Å². The van der Waals surface area contributed by atoms with Crippen LogP contribution in [0.5, 0.6) is 0 Å². The Hall–Kier alpha value is -1.09. The predicted octanol–water partition coefficient (Wildman–Crippen LogP) is 3.43. The average molecular weight is 286 g/mol. The molecule has 1 aromatic carbocycles. The Morgan fingerprint density at radius 1 is 1.32 bits per heavy atom. The van der Waals surface area contributed by atoms with Gasteiger partial charge < -0.3 is 5.32 Å². The first-order valence-electron chi connectivity index (χ1n) is 6.58. The number of hydrogen-bond donors (Lipinski definition) is 1. The molecule has 0 aliphatic rings. The number of amides is 1. The normalized spacial score (nSPS) is 15.6. The monoisotopic (exact) mass is 285 g/mol. The van der Waals surface area contributed by atoms with Gasteiger partial charge in [-0.1, -0.05) is 38.1 Å². The van der Waals surface area contributed by atoms with E-state index in [2.05, 4.69) is 12.2 Å². The maximum Gasteiger partial charge on any atom is 0.238 e. The maximum atomic E-state index is 13.1. The minimum Gasteiger partial charge on any atom is -0.349 e. The molecule has 1 aromatic rings. The molecule has 1 rings (SSSR count). The largest absolute Gasteiger partial charge is 0.349 e. The van der Waals surface area contributed by atoms with Crippen LogP contribution in [0.1, 0.15) is 37.8 Å². The summed E-state index contributed by atoms with van der Waals surface area (Å²) in [5.74, 6) is -0.420. The molecule has 0 saturated heterocycles. The molecule has 1 amide bonds. The van der Waals surface area contributed by atoms with Crippen molar-refractivity contribution in [1.82, 2.24) is 5.32 Å². The highest BCUT2D eigenvalue weighted by molar-refractivity contribution is 6.30. The summed E-state index contributed by atoms with van der Waals surface area (Å²) in [6.07, 6.45) is 0.974. The van der Waals surface area contributed by atoms with Crippen molar-refractivity contribution in [2.45, 2.75) is 44.5 Å². The number of carbonyl (C=O) groups is 1. The average Bonchev–Trinajstić information content (AvgIpc) is 2.43. The number of aryl methyl sites for hydroxylation is 1. The van der Waals surface area contributed by atoms with E-state index in [0.717, 1.165) is 12.0 Å². The fourth-order valence-corrected chi connectivity index (χ4v) is 1.95. The van der Waals surface area contributed by atoms with E-state index in [-0.39, 0.29) is 11.8 Å². The molecule has 1 unspecified atom stereocenters. The van der Waals surface area contributed by atoms with Gasteiger partial charge in [-0.05, 0) is 24.5 Å². The van der Waals surface area contributed by atoms with Crippen LogP contribution in [-0.4, -0.2) is 24.0 Å². The summed E-state index contributed by atoms with van der Waals surface area (Å²) in [4.78, 5) is 11.5. The van der Waals surface area contributed by atoms with E-state index in [1.54, 1.807) is 6.92 Å². The summed E-state index contributed by atoms with van der Waals surface area (Å²) >= 11 is 5.69. The van der Waals surface area contributed by atoms with Crippen molar-refractivity contribution in [2.24, 2.45) is 0 Å². The van der Waals surface area contributed by atoms with Gasteiger partial charge in [0.2, 0.25) is 5.91 Å². The van der Waals surface area contributed by atoms with Crippen molar-refractivity contribution >= 4 is 17.5 Å². The smallest absolute Gasteiger partial charge is 0.238 e. The highest BCUT2D eigenvalue weighted by Crippen LogP contribution is 2.20. The van der Waals surface area contributed by atoms with Gasteiger partial charge in [0, 0.05) is 5.92 Å². The highest BCUT2D eigenvalue weighted by atomic mass is 35.5. The molecule has 0 bridgehead atoms. The van der Waals surface area contributed by atoms with Crippen LogP contribution in [0.25, 0.3) is 0 Å². The maximum absolute atomic E-state index is 13.1. The molecule has 19 heavy (non-hydrogen) atoms. The Labute approximate surface area is 119 Å². The van der Waals surface area contributed by atoms with E-state index >= 15 is 0 Å². The van der Waals surface area contributed by atoms with Crippen LogP contribution in [-0.2, 0) is 11.2 Å². The standard InChI is InChI=1S/C15H21ClFNO/c1-4-12-5-7-13(8-6-12)10(2)14(9-17)18-15(19)11(3)16/h5-8,10-11,14H,4,9H2,1-3H3,(H,18,19)/t10-,11?,14-/m1/s1. The molecule has 106 valence electrons. The highest BCUT2D eigenvalue weighted by Gasteiger charge is 2.22. The Balaban J connectivity index is 2.76. The number of halogens is 2. The number of benzene rings is 1. The van der Waals surface area contributed by atoms with Gasteiger partial charge in [-0.2, -0.15) is 0 Å². The van der Waals surface area contributed by atoms with Crippen LogP contribution in [0, 0.1) is 0 Å². The second kappa shape index (κ2) is 7.49. The van der Waals surface area contributed by atoms with Crippen molar-refractivity contribution in [3.05, 3.63) is 35.4 Å². The van der Waals surface area contributed by atoms with Gasteiger partial charge in [0.05, 0.1) is 6.04 Å². The minimum atomic E-state index is -0.649. The lowest BCUT2D eigenvalue weighted by Crippen LogP contribution is -2.42. The lowest BCUT2D eigenvalue weighted by molar-refractivity contribution is -0.121. The minimum absolute atomic E-state index is 0.0877. The molecule has 0 fully saturated rings. The van der Waals surface area contributed by atoms with Crippen molar-refractivity contribution in [2.75, 3.05) is 6.67 Å². The third-order valence-corrected chi connectivity index (χ3v) is 3.57. The number of carbonyl (C=O) groups excluding carboxylic acids is 1. The third kappa shape index (κ3) is 4.50. The van der Waals surface area contributed by atoms with Crippen LogP contribution in [0.15, 0.2) is 24.3 Å². The molecule has 0 spiro atoms. The van der Waals surface area contributed by atoms with E-state index in [1.807, 2.05) is 31.2 Å². The number of rotatable bonds is 6. The summed E-state index contributed by atoms with van der Waals surface area (Å²) in [6, 6.07) is 7.51. The van der Waals surface area contributed by atoms with Gasteiger partial charge in [-0.3, -0.25) is 4.79 Å². The molecular weight excluding hydrogens is 265 g/mol. The first kappa shape index (κ1) is 16.0. The Kier molecular flexibility index (Phi) is 6.29. The van der Waals surface area contributed by atoms with Gasteiger partial charge in [0.1, 0.15) is 12.1 Å². The molecule has 1 N–H and O–H groups in total. The Morgan fingerprint density at radius 3 is 2.32 bits per heavy atom. The van der Waals surface area contributed by atoms with Gasteiger partial charge in [0.25, 0.3) is 0 Å². The second-order valence-corrected chi connectivity index (χ2v) is 5.42. The topological polar surface area (TPSA) is 29.1 Å². The zero-order valence-corrected chi connectivity index (χ0v) is 12.4. The van der Waals surface area contributed by atoms with E-state index in [9.17, 15) is 9.18 Å². The number of nitrogens with one attached hydrogen (secondary N) is 1. The van der Waals surface area contributed by atoms with E-state index in [1.165, 1.54) is 5.56 Å². The molecule has 0 aliphatic carbocycles. The van der Waals surface area contributed by atoms with Crippen molar-refractivity contribution in [1.29, 1.82) is 0 Å². The van der Waals surface area contributed by atoms with Crippen molar-refractivity contribution < 1.29 is 9.18 Å². The summed E-state index contributed by atoms with van der Waals surface area (Å²) in [7, 11) is 0. The fraction of sp³-hybridized carbons (Fsp3) is 0.533. The first-order valence-corrected chi connectivity index (χ1v) is 7.02.